The van der Waals surface area contributed by atoms with Crippen LogP contribution in [0.2, 0.25) is 0 Å². The summed E-state index contributed by atoms with van der Waals surface area (Å²) in [6.07, 6.45) is -3.16. The van der Waals surface area contributed by atoms with Crippen LogP contribution in [0.4, 0.5) is 23.2 Å². The summed E-state index contributed by atoms with van der Waals surface area (Å²) in [6, 6.07) is 17.5. The fourth-order valence-corrected chi connectivity index (χ4v) is 4.06. The lowest BCUT2D eigenvalue weighted by Gasteiger charge is -2.19. The van der Waals surface area contributed by atoms with Gasteiger partial charge >= 0.3 is 6.18 Å². The molecule has 0 spiro atoms. The Morgan fingerprint density at radius 1 is 0.970 bits per heavy atom. The van der Waals surface area contributed by atoms with Crippen molar-refractivity contribution < 1.29 is 27.1 Å². The Hall–Kier alpha value is -3.59. The number of benzene rings is 3. The molecule has 4 rings (SSSR count). The monoisotopic (exact) mass is 472 g/mol. The fraction of sp³-hybridized carbons (Fsp3) is 0.0833. The number of hydrogen-bond donors (Lipinski definition) is 1. The van der Waals surface area contributed by atoms with Gasteiger partial charge in [0.25, 0.3) is 5.91 Å². The third-order valence-electron chi connectivity index (χ3n) is 4.80. The normalized spacial score (nSPS) is 15.4. The van der Waals surface area contributed by atoms with Crippen molar-refractivity contribution in [2.75, 3.05) is 4.90 Å². The van der Waals surface area contributed by atoms with E-state index in [-0.39, 0.29) is 28.2 Å². The maximum absolute atomic E-state index is 13.7. The molecule has 0 atom stereocenters. The number of para-hydroxylation sites is 1. The van der Waals surface area contributed by atoms with Gasteiger partial charge in [0.05, 0.1) is 16.2 Å². The number of alkyl halides is 3. The number of carbonyl (C=O) groups is 1. The highest BCUT2D eigenvalue weighted by Crippen LogP contribution is 2.41. The van der Waals surface area contributed by atoms with Gasteiger partial charge in [-0.2, -0.15) is 13.2 Å². The fourth-order valence-electron chi connectivity index (χ4n) is 3.20. The van der Waals surface area contributed by atoms with Crippen molar-refractivity contribution in [2.24, 2.45) is 0 Å². The number of thioether (sulfide) groups is 1. The number of nitrogens with one attached hydrogen (secondary N) is 1. The molecule has 1 N–H and O–H groups in total. The topological polar surface area (TPSA) is 53.4 Å². The van der Waals surface area contributed by atoms with Gasteiger partial charge in [0.15, 0.2) is 5.17 Å². The summed E-state index contributed by atoms with van der Waals surface area (Å²) in [5.41, 5.74) is -0.355. The molecule has 168 valence electrons. The van der Waals surface area contributed by atoms with E-state index in [2.05, 4.69) is 0 Å². The molecule has 0 unspecified atom stereocenters. The first-order chi connectivity index (χ1) is 15.7. The molecule has 0 radical (unpaired) electrons. The first-order valence-electron chi connectivity index (χ1n) is 9.69. The minimum atomic E-state index is -4.66. The SMILES string of the molecule is N=C1SC(=Cc2ccc(OCc3ccccc3F)cc2)C(=O)N1c1ccccc1C(F)(F)F. The number of halogens is 4. The van der Waals surface area contributed by atoms with Crippen LogP contribution in [0.1, 0.15) is 16.7 Å². The molecule has 1 saturated heterocycles. The molecule has 3 aromatic rings. The minimum absolute atomic E-state index is 0.0478. The second-order valence-electron chi connectivity index (χ2n) is 7.02. The first-order valence-corrected chi connectivity index (χ1v) is 10.5. The van der Waals surface area contributed by atoms with E-state index in [1.807, 2.05) is 0 Å². The van der Waals surface area contributed by atoms with Gasteiger partial charge in [0, 0.05) is 5.56 Å². The third kappa shape index (κ3) is 4.93. The summed E-state index contributed by atoms with van der Waals surface area (Å²) >= 11 is 0.785. The van der Waals surface area contributed by atoms with Crippen molar-refractivity contribution in [1.82, 2.24) is 0 Å². The van der Waals surface area contributed by atoms with Crippen LogP contribution in [-0.4, -0.2) is 11.1 Å². The molecule has 3 aromatic carbocycles. The highest BCUT2D eigenvalue weighted by molar-refractivity contribution is 8.19. The van der Waals surface area contributed by atoms with Crippen LogP contribution in [0.3, 0.4) is 0 Å². The molecule has 1 aliphatic heterocycles. The number of anilines is 1. The number of carbonyl (C=O) groups excluding carboxylic acids is 1. The third-order valence-corrected chi connectivity index (χ3v) is 5.69. The van der Waals surface area contributed by atoms with E-state index in [0.29, 0.717) is 16.9 Å². The molecular weight excluding hydrogens is 456 g/mol. The van der Waals surface area contributed by atoms with Gasteiger partial charge in [-0.05, 0) is 53.7 Å². The number of amidine groups is 1. The largest absolute Gasteiger partial charge is 0.489 e. The molecule has 1 fully saturated rings. The smallest absolute Gasteiger partial charge is 0.418 e. The van der Waals surface area contributed by atoms with E-state index < -0.39 is 17.6 Å². The zero-order valence-electron chi connectivity index (χ0n) is 16.9. The van der Waals surface area contributed by atoms with E-state index in [4.69, 9.17) is 10.1 Å². The average molecular weight is 472 g/mol. The van der Waals surface area contributed by atoms with Gasteiger partial charge in [-0.3, -0.25) is 15.1 Å². The van der Waals surface area contributed by atoms with Crippen LogP contribution < -0.4 is 9.64 Å². The Balaban J connectivity index is 1.51. The van der Waals surface area contributed by atoms with Gasteiger partial charge in [-0.15, -0.1) is 0 Å². The van der Waals surface area contributed by atoms with Gasteiger partial charge in [-0.25, -0.2) is 4.39 Å². The van der Waals surface area contributed by atoms with Gasteiger partial charge < -0.3 is 4.74 Å². The average Bonchev–Trinajstić information content (AvgIpc) is 3.06. The molecule has 0 bridgehead atoms. The Bertz CT molecular complexity index is 1240. The minimum Gasteiger partial charge on any atom is -0.489 e. The van der Waals surface area contributed by atoms with Crippen molar-refractivity contribution >= 4 is 34.6 Å². The van der Waals surface area contributed by atoms with Gasteiger partial charge in [0.1, 0.15) is 18.2 Å². The second-order valence-corrected chi connectivity index (χ2v) is 8.05. The molecule has 9 heteroatoms. The lowest BCUT2D eigenvalue weighted by Crippen LogP contribution is -2.30. The number of rotatable bonds is 5. The molecule has 0 saturated carbocycles. The molecular formula is C24H16F4N2O2S. The van der Waals surface area contributed by atoms with Crippen molar-refractivity contribution in [3.63, 3.8) is 0 Å². The molecule has 1 amide bonds. The summed E-state index contributed by atoms with van der Waals surface area (Å²) in [5.74, 6) is -0.587. The first kappa shape index (κ1) is 22.6. The van der Waals surface area contributed by atoms with Crippen molar-refractivity contribution in [1.29, 1.82) is 5.41 Å². The van der Waals surface area contributed by atoms with Crippen LogP contribution in [0.25, 0.3) is 6.08 Å². The predicted octanol–water partition coefficient (Wildman–Crippen LogP) is 6.48. The van der Waals surface area contributed by atoms with E-state index >= 15 is 0 Å². The summed E-state index contributed by atoms with van der Waals surface area (Å²) in [7, 11) is 0. The van der Waals surface area contributed by atoms with Crippen molar-refractivity contribution in [2.45, 2.75) is 12.8 Å². The highest BCUT2D eigenvalue weighted by Gasteiger charge is 2.40. The number of nitrogens with zero attached hydrogens (tertiary/aromatic N) is 1. The van der Waals surface area contributed by atoms with Crippen LogP contribution in [0, 0.1) is 11.2 Å². The maximum atomic E-state index is 13.7. The molecule has 0 aromatic heterocycles. The number of ether oxygens (including phenoxy) is 1. The quantitative estimate of drug-likeness (QED) is 0.342. The maximum Gasteiger partial charge on any atom is 0.418 e. The Kier molecular flexibility index (Phi) is 6.24. The second kappa shape index (κ2) is 9.11. The molecule has 1 aliphatic rings. The number of hydrogen-bond acceptors (Lipinski definition) is 4. The lowest BCUT2D eigenvalue weighted by molar-refractivity contribution is -0.137. The van der Waals surface area contributed by atoms with Crippen LogP contribution in [0.5, 0.6) is 5.75 Å². The summed E-state index contributed by atoms with van der Waals surface area (Å²) in [6.45, 7) is 0.0478. The summed E-state index contributed by atoms with van der Waals surface area (Å²) in [4.78, 5) is 13.7. The van der Waals surface area contributed by atoms with E-state index in [9.17, 15) is 22.4 Å². The Labute approximate surface area is 191 Å². The van der Waals surface area contributed by atoms with Crippen LogP contribution in [-0.2, 0) is 17.6 Å². The number of amides is 1. The molecule has 0 aliphatic carbocycles. The molecule has 33 heavy (non-hydrogen) atoms. The van der Waals surface area contributed by atoms with E-state index in [1.54, 1.807) is 42.5 Å². The van der Waals surface area contributed by atoms with E-state index in [0.717, 1.165) is 22.7 Å². The predicted molar refractivity (Wildman–Crippen MR) is 119 cm³/mol. The van der Waals surface area contributed by atoms with Crippen LogP contribution in [0.15, 0.2) is 77.7 Å². The summed E-state index contributed by atoms with van der Waals surface area (Å²) in [5, 5.41) is 7.76. The van der Waals surface area contributed by atoms with E-state index in [1.165, 1.54) is 30.3 Å². The van der Waals surface area contributed by atoms with Crippen molar-refractivity contribution in [3.05, 3.63) is 100 Å². The lowest BCUT2D eigenvalue weighted by atomic mass is 10.1. The van der Waals surface area contributed by atoms with Gasteiger partial charge in [0.2, 0.25) is 0 Å². The Morgan fingerprint density at radius 3 is 2.33 bits per heavy atom. The van der Waals surface area contributed by atoms with Crippen LogP contribution >= 0.6 is 11.8 Å². The van der Waals surface area contributed by atoms with Gasteiger partial charge in [-0.1, -0.05) is 42.5 Å². The highest BCUT2D eigenvalue weighted by atomic mass is 32.2. The Morgan fingerprint density at radius 2 is 1.64 bits per heavy atom. The molecule has 1 heterocycles. The zero-order valence-corrected chi connectivity index (χ0v) is 17.7. The zero-order chi connectivity index (χ0) is 23.6. The molecule has 4 nitrogen and oxygen atoms in total. The van der Waals surface area contributed by atoms with Crippen molar-refractivity contribution in [3.8, 4) is 5.75 Å². The summed E-state index contributed by atoms with van der Waals surface area (Å²) < 4.78 is 59.4. The standard InChI is InChI=1S/C24H16F4N2O2S/c25-19-7-3-1-5-16(19)14-32-17-11-9-15(10-12-17)13-21-22(31)30(23(29)33-21)20-8-4-2-6-18(20)24(26,27)28/h1-13,29H,14H2.